The zero-order valence-electron chi connectivity index (χ0n) is 12.0. The van der Waals surface area contributed by atoms with E-state index in [0.29, 0.717) is 18.5 Å². The van der Waals surface area contributed by atoms with Gasteiger partial charge in [-0.05, 0) is 30.5 Å². The number of unbranched alkanes of at least 4 members (excludes halogenated alkanes) is 2. The summed E-state index contributed by atoms with van der Waals surface area (Å²) in [6.45, 7) is 4.41. The third-order valence-electron chi connectivity index (χ3n) is 3.75. The topological polar surface area (TPSA) is 37.4 Å². The van der Waals surface area contributed by atoms with Crippen LogP contribution in [0.15, 0.2) is 16.6 Å². The Labute approximate surface area is 128 Å². The highest BCUT2D eigenvalue weighted by molar-refractivity contribution is 9.10. The van der Waals surface area contributed by atoms with Crippen molar-refractivity contribution >= 4 is 33.3 Å². The fourth-order valence-corrected chi connectivity index (χ4v) is 3.23. The van der Waals surface area contributed by atoms with E-state index >= 15 is 0 Å². The molecule has 0 aliphatic carbocycles. The molecule has 0 N–H and O–H groups in total. The Balaban J connectivity index is 2.25. The molecule has 3 nitrogen and oxygen atoms in total. The molecular weight excluding hydrogens is 318 g/mol. The van der Waals surface area contributed by atoms with Gasteiger partial charge < -0.3 is 4.90 Å². The van der Waals surface area contributed by atoms with Crippen LogP contribution in [-0.2, 0) is 11.2 Å². The Hall–Kier alpha value is -1.16. The number of anilines is 1. The highest BCUT2D eigenvalue weighted by Gasteiger charge is 2.24. The average molecular weight is 338 g/mol. The van der Waals surface area contributed by atoms with Gasteiger partial charge in [0.25, 0.3) is 0 Å². The summed E-state index contributed by atoms with van der Waals surface area (Å²) in [5.41, 5.74) is 2.74. The van der Waals surface area contributed by atoms with Crippen molar-refractivity contribution in [3.63, 3.8) is 0 Å². The van der Waals surface area contributed by atoms with E-state index in [-0.39, 0.29) is 11.7 Å². The minimum Gasteiger partial charge on any atom is -0.312 e. The summed E-state index contributed by atoms with van der Waals surface area (Å²) >= 11 is 3.49. The van der Waals surface area contributed by atoms with E-state index in [2.05, 4.69) is 22.9 Å². The van der Waals surface area contributed by atoms with Crippen molar-refractivity contribution in [1.82, 2.24) is 0 Å². The molecule has 1 aromatic carbocycles. The summed E-state index contributed by atoms with van der Waals surface area (Å²) in [5, 5.41) is 0. The van der Waals surface area contributed by atoms with Crippen LogP contribution in [-0.4, -0.2) is 18.2 Å². The van der Waals surface area contributed by atoms with Crippen LogP contribution in [0, 0.1) is 0 Å². The molecule has 4 heteroatoms. The summed E-state index contributed by atoms with van der Waals surface area (Å²) in [6.07, 6.45) is 4.54. The first-order valence-corrected chi connectivity index (χ1v) is 7.97. The third-order valence-corrected chi connectivity index (χ3v) is 4.41. The van der Waals surface area contributed by atoms with Gasteiger partial charge in [0.15, 0.2) is 5.78 Å². The van der Waals surface area contributed by atoms with E-state index in [1.54, 1.807) is 11.8 Å². The first-order chi connectivity index (χ1) is 9.54. The van der Waals surface area contributed by atoms with E-state index in [1.165, 1.54) is 0 Å². The molecule has 1 aliphatic heterocycles. The molecule has 1 aliphatic rings. The van der Waals surface area contributed by atoms with Crippen molar-refractivity contribution in [2.24, 2.45) is 0 Å². The van der Waals surface area contributed by atoms with Crippen molar-refractivity contribution in [2.45, 2.75) is 46.0 Å². The maximum atomic E-state index is 12.3. The van der Waals surface area contributed by atoms with Crippen molar-refractivity contribution in [3.8, 4) is 0 Å². The number of halogens is 1. The maximum Gasteiger partial charge on any atom is 0.223 e. The van der Waals surface area contributed by atoms with E-state index in [1.807, 2.05) is 12.1 Å². The van der Waals surface area contributed by atoms with Crippen LogP contribution in [0.4, 0.5) is 5.69 Å². The fourth-order valence-electron chi connectivity index (χ4n) is 2.62. The van der Waals surface area contributed by atoms with Gasteiger partial charge in [0.2, 0.25) is 5.91 Å². The van der Waals surface area contributed by atoms with E-state index < -0.39 is 0 Å². The van der Waals surface area contributed by atoms with Crippen LogP contribution in [0.1, 0.15) is 55.5 Å². The average Bonchev–Trinajstić information content (AvgIpc) is 2.80. The van der Waals surface area contributed by atoms with Crippen LogP contribution in [0.2, 0.25) is 0 Å². The number of hydrogen-bond donors (Lipinski definition) is 0. The highest BCUT2D eigenvalue weighted by Crippen LogP contribution is 2.34. The first-order valence-electron chi connectivity index (χ1n) is 7.18. The SMILES string of the molecule is CCCCCC(=O)c1cc2c(cc1Br)CCN2C(C)=O. The van der Waals surface area contributed by atoms with Crippen LogP contribution < -0.4 is 4.90 Å². The molecule has 0 fully saturated rings. The molecule has 1 aromatic rings. The van der Waals surface area contributed by atoms with Crippen molar-refractivity contribution < 1.29 is 9.59 Å². The normalized spacial score (nSPS) is 13.4. The van der Waals surface area contributed by atoms with Crippen molar-refractivity contribution in [3.05, 3.63) is 27.7 Å². The van der Waals surface area contributed by atoms with Gasteiger partial charge in [0.05, 0.1) is 0 Å². The number of carbonyl (C=O) groups excluding carboxylic acids is 2. The predicted molar refractivity (Wildman–Crippen MR) is 84.3 cm³/mol. The number of rotatable bonds is 5. The Kier molecular flexibility index (Phi) is 4.97. The Bertz CT molecular complexity index is 540. The lowest BCUT2D eigenvalue weighted by molar-refractivity contribution is -0.116. The fraction of sp³-hybridized carbons (Fsp3) is 0.500. The number of hydrogen-bond acceptors (Lipinski definition) is 2. The summed E-state index contributed by atoms with van der Waals surface area (Å²) in [7, 11) is 0. The largest absolute Gasteiger partial charge is 0.312 e. The number of benzene rings is 1. The van der Waals surface area contributed by atoms with Gasteiger partial charge in [-0.1, -0.05) is 35.7 Å². The third kappa shape index (κ3) is 3.11. The van der Waals surface area contributed by atoms with Crippen molar-refractivity contribution in [2.75, 3.05) is 11.4 Å². The molecule has 0 unspecified atom stereocenters. The van der Waals surface area contributed by atoms with E-state index in [0.717, 1.165) is 41.4 Å². The molecule has 108 valence electrons. The summed E-state index contributed by atoms with van der Waals surface area (Å²) < 4.78 is 0.850. The molecule has 1 amide bonds. The molecule has 0 radical (unpaired) electrons. The number of carbonyl (C=O) groups is 2. The first kappa shape index (κ1) is 15.2. The van der Waals surface area contributed by atoms with Gasteiger partial charge in [0.1, 0.15) is 0 Å². The predicted octanol–water partition coefficient (Wildman–Crippen LogP) is 4.12. The van der Waals surface area contributed by atoms with Gasteiger partial charge in [-0.15, -0.1) is 0 Å². The van der Waals surface area contributed by atoms with Gasteiger partial charge in [-0.2, -0.15) is 0 Å². The van der Waals surface area contributed by atoms with Gasteiger partial charge in [-0.3, -0.25) is 9.59 Å². The zero-order chi connectivity index (χ0) is 14.7. The maximum absolute atomic E-state index is 12.3. The molecule has 0 bridgehead atoms. The summed E-state index contributed by atoms with van der Waals surface area (Å²) in [6, 6.07) is 3.87. The Morgan fingerprint density at radius 2 is 2.05 bits per heavy atom. The molecule has 0 spiro atoms. The number of nitrogens with zero attached hydrogens (tertiary/aromatic N) is 1. The lowest BCUT2D eigenvalue weighted by Crippen LogP contribution is -2.25. The van der Waals surface area contributed by atoms with Crippen molar-refractivity contribution in [1.29, 1.82) is 0 Å². The second-order valence-electron chi connectivity index (χ2n) is 5.26. The molecule has 0 saturated heterocycles. The number of fused-ring (bicyclic) bond motifs is 1. The Morgan fingerprint density at radius 1 is 1.30 bits per heavy atom. The van der Waals surface area contributed by atoms with E-state index in [4.69, 9.17) is 0 Å². The monoisotopic (exact) mass is 337 g/mol. The molecule has 0 aromatic heterocycles. The van der Waals surface area contributed by atoms with Crippen LogP contribution in [0.5, 0.6) is 0 Å². The van der Waals surface area contributed by atoms with E-state index in [9.17, 15) is 9.59 Å². The molecule has 20 heavy (non-hydrogen) atoms. The molecular formula is C16H20BrNO2. The standard InChI is InChI=1S/C16H20BrNO2/c1-3-4-5-6-16(20)13-10-15-12(9-14(13)17)7-8-18(15)11(2)19/h9-10H,3-8H2,1-2H3. The Morgan fingerprint density at radius 3 is 2.70 bits per heavy atom. The second kappa shape index (κ2) is 6.53. The minimum absolute atomic E-state index is 0.0375. The van der Waals surface area contributed by atoms with Crippen LogP contribution in [0.3, 0.4) is 0 Å². The lowest BCUT2D eigenvalue weighted by Gasteiger charge is -2.16. The number of amides is 1. The van der Waals surface area contributed by atoms with Gasteiger partial charge in [-0.25, -0.2) is 0 Å². The number of ketones is 1. The minimum atomic E-state index is 0.0375. The lowest BCUT2D eigenvalue weighted by atomic mass is 10.0. The summed E-state index contributed by atoms with van der Waals surface area (Å²) in [4.78, 5) is 25.7. The second-order valence-corrected chi connectivity index (χ2v) is 6.12. The highest BCUT2D eigenvalue weighted by atomic mass is 79.9. The zero-order valence-corrected chi connectivity index (χ0v) is 13.6. The molecule has 0 atom stereocenters. The summed E-state index contributed by atoms with van der Waals surface area (Å²) in [5.74, 6) is 0.194. The molecule has 1 heterocycles. The number of Topliss-reactive ketones (excluding diaryl/α,β-unsaturated/α-hetero) is 1. The van der Waals surface area contributed by atoms with Gasteiger partial charge in [0, 0.05) is 35.6 Å². The van der Waals surface area contributed by atoms with Crippen LogP contribution >= 0.6 is 15.9 Å². The smallest absolute Gasteiger partial charge is 0.223 e. The van der Waals surface area contributed by atoms with Gasteiger partial charge >= 0.3 is 0 Å². The van der Waals surface area contributed by atoms with Crippen LogP contribution in [0.25, 0.3) is 0 Å². The quantitative estimate of drug-likeness (QED) is 0.598. The molecule has 2 rings (SSSR count). The molecule has 0 saturated carbocycles.